The lowest BCUT2D eigenvalue weighted by atomic mass is 9.92. The molecule has 1 amide bonds. The zero-order valence-corrected chi connectivity index (χ0v) is 18.4. The Balaban J connectivity index is 1.70. The number of carbonyl (C=O) groups excluding carboxylic acids is 1. The van der Waals surface area contributed by atoms with Gasteiger partial charge in [0.25, 0.3) is 0 Å². The van der Waals surface area contributed by atoms with E-state index in [1.807, 2.05) is 4.90 Å². The van der Waals surface area contributed by atoms with Crippen LogP contribution in [0.15, 0.2) is 23.1 Å². The van der Waals surface area contributed by atoms with Crippen LogP contribution in [-0.4, -0.2) is 49.2 Å². The van der Waals surface area contributed by atoms with Gasteiger partial charge in [0.1, 0.15) is 0 Å². The number of hydrogen-bond donors (Lipinski definition) is 0. The van der Waals surface area contributed by atoms with Crippen molar-refractivity contribution in [2.75, 3.05) is 19.6 Å². The first kappa shape index (κ1) is 23.3. The third-order valence-electron chi connectivity index (χ3n) is 6.07. The summed E-state index contributed by atoms with van der Waals surface area (Å²) in [5.74, 6) is -0.177. The molecule has 0 spiro atoms. The Hall–Kier alpha value is -1.32. The maximum Gasteiger partial charge on any atom is 0.417 e. The standard InChI is InChI=1S/C20H26ClF3N2O3S/c1-2-15-5-3-4-10-26(15)19(27)14-8-11-25(12-9-14)30(28,29)16-6-7-18(21)17(13-16)20(22,23)24/h6-7,13-15H,2-5,8-12H2,1H3. The van der Waals surface area contributed by atoms with Crippen molar-refractivity contribution < 1.29 is 26.4 Å². The molecule has 1 atom stereocenters. The maximum absolute atomic E-state index is 13.1. The van der Waals surface area contributed by atoms with Crippen LogP contribution in [0.3, 0.4) is 0 Å². The Bertz CT molecular complexity index is 884. The zero-order chi connectivity index (χ0) is 22.1. The van der Waals surface area contributed by atoms with Crippen LogP contribution in [0.2, 0.25) is 5.02 Å². The largest absolute Gasteiger partial charge is 0.417 e. The molecule has 0 aliphatic carbocycles. The smallest absolute Gasteiger partial charge is 0.339 e. The van der Waals surface area contributed by atoms with Crippen LogP contribution in [0.1, 0.15) is 51.0 Å². The van der Waals surface area contributed by atoms with Gasteiger partial charge in [0.15, 0.2) is 0 Å². The highest BCUT2D eigenvalue weighted by Gasteiger charge is 2.38. The average Bonchev–Trinajstić information content (AvgIpc) is 2.72. The van der Waals surface area contributed by atoms with Gasteiger partial charge in [-0.2, -0.15) is 17.5 Å². The lowest BCUT2D eigenvalue weighted by molar-refractivity contribution is -0.140. The lowest BCUT2D eigenvalue weighted by Gasteiger charge is -2.39. The van der Waals surface area contributed by atoms with E-state index in [0.717, 1.165) is 48.7 Å². The molecule has 0 bridgehead atoms. The predicted molar refractivity (Wildman–Crippen MR) is 108 cm³/mol. The Morgan fingerprint density at radius 1 is 1.13 bits per heavy atom. The summed E-state index contributed by atoms with van der Waals surface area (Å²) in [4.78, 5) is 14.5. The number of piperidine rings is 2. The number of halogens is 4. The quantitative estimate of drug-likeness (QED) is 0.654. The van der Waals surface area contributed by atoms with E-state index >= 15 is 0 Å². The van der Waals surface area contributed by atoms with Crippen LogP contribution < -0.4 is 0 Å². The molecule has 10 heteroatoms. The number of likely N-dealkylation sites (tertiary alicyclic amines) is 1. The monoisotopic (exact) mass is 466 g/mol. The SMILES string of the molecule is CCC1CCCCN1C(=O)C1CCN(S(=O)(=O)c2ccc(Cl)c(C(F)(F)F)c2)CC1. The second-order valence-electron chi connectivity index (χ2n) is 7.91. The molecule has 0 N–H and O–H groups in total. The van der Waals surface area contributed by atoms with Gasteiger partial charge in [-0.05, 0) is 56.7 Å². The van der Waals surface area contributed by atoms with E-state index in [0.29, 0.717) is 18.9 Å². The predicted octanol–water partition coefficient (Wildman–Crippen LogP) is 4.55. The molecule has 1 aromatic rings. The van der Waals surface area contributed by atoms with Crippen LogP contribution >= 0.6 is 11.6 Å². The molecule has 0 radical (unpaired) electrons. The summed E-state index contributed by atoms with van der Waals surface area (Å²) in [5, 5.41) is -0.544. The molecule has 1 aromatic carbocycles. The number of nitrogens with zero attached hydrogens (tertiary/aromatic N) is 2. The van der Waals surface area contributed by atoms with Gasteiger partial charge in [0.2, 0.25) is 15.9 Å². The van der Waals surface area contributed by atoms with Gasteiger partial charge < -0.3 is 4.90 Å². The van der Waals surface area contributed by atoms with Crippen LogP contribution in [-0.2, 0) is 21.0 Å². The molecule has 0 aromatic heterocycles. The summed E-state index contributed by atoms with van der Waals surface area (Å²) >= 11 is 5.60. The first-order chi connectivity index (χ1) is 14.1. The molecule has 2 saturated heterocycles. The van der Waals surface area contributed by atoms with Gasteiger partial charge >= 0.3 is 6.18 Å². The fraction of sp³-hybridized carbons (Fsp3) is 0.650. The molecule has 2 fully saturated rings. The van der Waals surface area contributed by atoms with E-state index < -0.39 is 31.7 Å². The summed E-state index contributed by atoms with van der Waals surface area (Å²) < 4.78 is 66.2. The molecule has 5 nitrogen and oxygen atoms in total. The van der Waals surface area contributed by atoms with Crippen LogP contribution in [0.5, 0.6) is 0 Å². The van der Waals surface area contributed by atoms with Gasteiger partial charge in [-0.3, -0.25) is 4.79 Å². The minimum atomic E-state index is -4.74. The molecular weight excluding hydrogens is 441 g/mol. The van der Waals surface area contributed by atoms with Crippen molar-refractivity contribution in [3.63, 3.8) is 0 Å². The highest BCUT2D eigenvalue weighted by molar-refractivity contribution is 7.89. The summed E-state index contributed by atoms with van der Waals surface area (Å²) in [6.07, 6.45) is -0.0279. The molecule has 2 heterocycles. The van der Waals surface area contributed by atoms with Crippen molar-refractivity contribution in [3.05, 3.63) is 28.8 Å². The zero-order valence-electron chi connectivity index (χ0n) is 16.8. The second-order valence-corrected chi connectivity index (χ2v) is 10.3. The number of amides is 1. The molecular formula is C20H26ClF3N2O3S. The van der Waals surface area contributed by atoms with Crippen molar-refractivity contribution in [1.29, 1.82) is 0 Å². The number of rotatable bonds is 4. The van der Waals surface area contributed by atoms with Crippen molar-refractivity contribution in [1.82, 2.24) is 9.21 Å². The van der Waals surface area contributed by atoms with Crippen molar-refractivity contribution in [2.24, 2.45) is 5.92 Å². The number of hydrogen-bond acceptors (Lipinski definition) is 3. The van der Waals surface area contributed by atoms with E-state index in [2.05, 4.69) is 6.92 Å². The van der Waals surface area contributed by atoms with E-state index in [1.54, 1.807) is 0 Å². The Morgan fingerprint density at radius 3 is 2.40 bits per heavy atom. The maximum atomic E-state index is 13.1. The molecule has 0 saturated carbocycles. The molecule has 2 aliphatic rings. The van der Waals surface area contributed by atoms with Crippen LogP contribution in [0, 0.1) is 5.92 Å². The van der Waals surface area contributed by atoms with E-state index in [4.69, 9.17) is 11.6 Å². The number of sulfonamides is 1. The summed E-state index contributed by atoms with van der Waals surface area (Å²) in [7, 11) is -4.10. The second kappa shape index (κ2) is 9.04. The fourth-order valence-corrected chi connectivity index (χ4v) is 6.05. The van der Waals surface area contributed by atoms with E-state index in [1.165, 1.54) is 0 Å². The van der Waals surface area contributed by atoms with E-state index in [9.17, 15) is 26.4 Å². The van der Waals surface area contributed by atoms with E-state index in [-0.39, 0.29) is 31.0 Å². The van der Waals surface area contributed by atoms with Gasteiger partial charge in [-0.25, -0.2) is 8.42 Å². The van der Waals surface area contributed by atoms with Crippen molar-refractivity contribution in [2.45, 2.75) is 62.6 Å². The average molecular weight is 467 g/mol. The van der Waals surface area contributed by atoms with Gasteiger partial charge in [0, 0.05) is 31.6 Å². The number of alkyl halides is 3. The van der Waals surface area contributed by atoms with Gasteiger partial charge in [-0.1, -0.05) is 18.5 Å². The topological polar surface area (TPSA) is 57.7 Å². The normalized spacial score (nSPS) is 22.3. The van der Waals surface area contributed by atoms with Gasteiger partial charge in [0.05, 0.1) is 15.5 Å². The van der Waals surface area contributed by atoms with Crippen molar-refractivity contribution in [3.8, 4) is 0 Å². The summed E-state index contributed by atoms with van der Waals surface area (Å²) in [6.45, 7) is 3.01. The number of carbonyl (C=O) groups is 1. The highest BCUT2D eigenvalue weighted by atomic mass is 35.5. The Morgan fingerprint density at radius 2 is 1.80 bits per heavy atom. The summed E-state index contributed by atoms with van der Waals surface area (Å²) in [5.41, 5.74) is -1.17. The molecule has 30 heavy (non-hydrogen) atoms. The lowest BCUT2D eigenvalue weighted by Crippen LogP contribution is -2.49. The van der Waals surface area contributed by atoms with Crippen molar-refractivity contribution >= 4 is 27.5 Å². The van der Waals surface area contributed by atoms with Crippen LogP contribution in [0.25, 0.3) is 0 Å². The fourth-order valence-electron chi connectivity index (χ4n) is 4.32. The first-order valence-corrected chi connectivity index (χ1v) is 12.0. The summed E-state index contributed by atoms with van der Waals surface area (Å²) in [6, 6.07) is 2.86. The minimum Gasteiger partial charge on any atom is -0.339 e. The molecule has 2 aliphatic heterocycles. The Kier molecular flexibility index (Phi) is 7.04. The third-order valence-corrected chi connectivity index (χ3v) is 8.29. The molecule has 168 valence electrons. The number of benzene rings is 1. The molecule has 1 unspecified atom stereocenters. The van der Waals surface area contributed by atoms with Crippen LogP contribution in [0.4, 0.5) is 13.2 Å². The van der Waals surface area contributed by atoms with Gasteiger partial charge in [-0.15, -0.1) is 0 Å². The highest BCUT2D eigenvalue weighted by Crippen LogP contribution is 2.37. The minimum absolute atomic E-state index is 0.0736. The third kappa shape index (κ3) is 4.78. The first-order valence-electron chi connectivity index (χ1n) is 10.2. The Labute approximate surface area is 180 Å². The molecule has 3 rings (SSSR count).